The van der Waals surface area contributed by atoms with Gasteiger partial charge in [0.15, 0.2) is 0 Å². The molecule has 10 heteroatoms. The maximum atomic E-state index is 12.8. The SMILES string of the molecule is Cc1ccccc1OCCN(C)c1ccc(S(=O)(=O)N2CCOCC2)cc1[N+](=O)[O-]. The number of benzene rings is 2. The van der Waals surface area contributed by atoms with E-state index >= 15 is 0 Å². The van der Waals surface area contributed by atoms with Crippen LogP contribution < -0.4 is 9.64 Å². The molecule has 1 fully saturated rings. The first-order valence-electron chi connectivity index (χ1n) is 9.56. The van der Waals surface area contributed by atoms with Gasteiger partial charge in [-0.25, -0.2) is 8.42 Å². The normalized spacial score (nSPS) is 15.0. The molecule has 1 aliphatic rings. The third-order valence-electron chi connectivity index (χ3n) is 4.94. The van der Waals surface area contributed by atoms with E-state index in [9.17, 15) is 18.5 Å². The molecule has 0 saturated carbocycles. The summed E-state index contributed by atoms with van der Waals surface area (Å²) in [6, 6.07) is 11.6. The molecule has 0 radical (unpaired) electrons. The third kappa shape index (κ3) is 4.89. The predicted octanol–water partition coefficient (Wildman–Crippen LogP) is 2.44. The lowest BCUT2D eigenvalue weighted by molar-refractivity contribution is -0.384. The largest absolute Gasteiger partial charge is 0.491 e. The van der Waals surface area contributed by atoms with Crippen LogP contribution in [-0.2, 0) is 14.8 Å². The van der Waals surface area contributed by atoms with E-state index in [0.29, 0.717) is 32.1 Å². The number of sulfonamides is 1. The Kier molecular flexibility index (Phi) is 6.91. The Balaban J connectivity index is 1.76. The van der Waals surface area contributed by atoms with Gasteiger partial charge in [-0.2, -0.15) is 4.31 Å². The van der Waals surface area contributed by atoms with Crippen molar-refractivity contribution in [3.05, 3.63) is 58.1 Å². The highest BCUT2D eigenvalue weighted by atomic mass is 32.2. The molecule has 162 valence electrons. The Bertz CT molecular complexity index is 1010. The number of hydrogen-bond donors (Lipinski definition) is 0. The molecule has 30 heavy (non-hydrogen) atoms. The summed E-state index contributed by atoms with van der Waals surface area (Å²) in [6.45, 7) is 3.74. The molecule has 1 heterocycles. The Labute approximate surface area is 176 Å². The molecule has 0 spiro atoms. The minimum Gasteiger partial charge on any atom is -0.491 e. The van der Waals surface area contributed by atoms with Gasteiger partial charge in [0.2, 0.25) is 10.0 Å². The van der Waals surface area contributed by atoms with Crippen LogP contribution in [0.15, 0.2) is 47.4 Å². The van der Waals surface area contributed by atoms with Crippen molar-refractivity contribution in [3.63, 3.8) is 0 Å². The predicted molar refractivity (Wildman–Crippen MR) is 113 cm³/mol. The summed E-state index contributed by atoms with van der Waals surface area (Å²) >= 11 is 0. The van der Waals surface area contributed by atoms with Crippen molar-refractivity contribution in [2.45, 2.75) is 11.8 Å². The lowest BCUT2D eigenvalue weighted by atomic mass is 10.2. The van der Waals surface area contributed by atoms with Gasteiger partial charge in [0.25, 0.3) is 5.69 Å². The maximum absolute atomic E-state index is 12.8. The first-order chi connectivity index (χ1) is 14.3. The second-order valence-electron chi connectivity index (χ2n) is 6.96. The van der Waals surface area contributed by atoms with E-state index in [0.717, 1.165) is 17.4 Å². The zero-order valence-electron chi connectivity index (χ0n) is 17.0. The van der Waals surface area contributed by atoms with E-state index in [1.165, 1.54) is 16.4 Å². The maximum Gasteiger partial charge on any atom is 0.293 e. The van der Waals surface area contributed by atoms with Crippen molar-refractivity contribution in [2.24, 2.45) is 0 Å². The number of morpholine rings is 1. The van der Waals surface area contributed by atoms with Gasteiger partial charge in [-0.3, -0.25) is 10.1 Å². The van der Waals surface area contributed by atoms with Crippen LogP contribution in [0.2, 0.25) is 0 Å². The molecule has 3 rings (SSSR count). The molecule has 0 atom stereocenters. The minimum atomic E-state index is -3.81. The number of anilines is 1. The zero-order valence-corrected chi connectivity index (χ0v) is 17.8. The summed E-state index contributed by atoms with van der Waals surface area (Å²) in [5, 5.41) is 11.6. The van der Waals surface area contributed by atoms with Crippen LogP contribution in [0.1, 0.15) is 5.56 Å². The summed E-state index contributed by atoms with van der Waals surface area (Å²) in [4.78, 5) is 12.7. The number of nitrogens with zero attached hydrogens (tertiary/aromatic N) is 3. The van der Waals surface area contributed by atoms with Crippen LogP contribution >= 0.6 is 0 Å². The van der Waals surface area contributed by atoms with Crippen molar-refractivity contribution >= 4 is 21.4 Å². The number of nitro groups is 1. The lowest BCUT2D eigenvalue weighted by Crippen LogP contribution is -2.40. The van der Waals surface area contributed by atoms with Gasteiger partial charge in [0.05, 0.1) is 29.6 Å². The van der Waals surface area contributed by atoms with Crippen LogP contribution in [0.5, 0.6) is 5.75 Å². The summed E-state index contributed by atoms with van der Waals surface area (Å²) in [6.07, 6.45) is 0. The van der Waals surface area contributed by atoms with Crippen molar-refractivity contribution in [1.29, 1.82) is 0 Å². The van der Waals surface area contributed by atoms with E-state index in [-0.39, 0.29) is 23.7 Å². The second-order valence-corrected chi connectivity index (χ2v) is 8.90. The smallest absolute Gasteiger partial charge is 0.293 e. The molecule has 2 aromatic rings. The van der Waals surface area contributed by atoms with E-state index in [2.05, 4.69) is 0 Å². The van der Waals surface area contributed by atoms with Gasteiger partial charge < -0.3 is 14.4 Å². The van der Waals surface area contributed by atoms with Gasteiger partial charge in [0.1, 0.15) is 18.0 Å². The molecule has 0 amide bonds. The average Bonchev–Trinajstić information content (AvgIpc) is 2.75. The average molecular weight is 436 g/mol. The van der Waals surface area contributed by atoms with Gasteiger partial charge in [-0.1, -0.05) is 18.2 Å². The topological polar surface area (TPSA) is 102 Å². The van der Waals surface area contributed by atoms with Crippen molar-refractivity contribution < 1.29 is 22.8 Å². The molecule has 0 bridgehead atoms. The molecule has 0 aromatic heterocycles. The van der Waals surface area contributed by atoms with Crippen molar-refractivity contribution in [3.8, 4) is 5.75 Å². The molecule has 1 aliphatic heterocycles. The Morgan fingerprint density at radius 1 is 1.20 bits per heavy atom. The summed E-state index contributed by atoms with van der Waals surface area (Å²) in [5.74, 6) is 0.757. The second kappa shape index (κ2) is 9.41. The quantitative estimate of drug-likeness (QED) is 0.463. The van der Waals surface area contributed by atoms with Gasteiger partial charge in [0, 0.05) is 26.2 Å². The highest BCUT2D eigenvalue weighted by Gasteiger charge is 2.29. The first-order valence-corrected chi connectivity index (χ1v) is 11.0. The Hall–Kier alpha value is -2.69. The van der Waals surface area contributed by atoms with Crippen LogP contribution in [0.4, 0.5) is 11.4 Å². The molecule has 0 aliphatic carbocycles. The number of hydrogen-bond acceptors (Lipinski definition) is 7. The fourth-order valence-electron chi connectivity index (χ4n) is 3.20. The van der Waals surface area contributed by atoms with Crippen LogP contribution in [0.3, 0.4) is 0 Å². The minimum absolute atomic E-state index is 0.0931. The van der Waals surface area contributed by atoms with Crippen LogP contribution in [0, 0.1) is 17.0 Å². The fraction of sp³-hybridized carbons (Fsp3) is 0.400. The van der Waals surface area contributed by atoms with E-state index in [1.54, 1.807) is 11.9 Å². The Morgan fingerprint density at radius 3 is 2.57 bits per heavy atom. The van der Waals surface area contributed by atoms with Gasteiger partial charge in [-0.15, -0.1) is 0 Å². The molecule has 0 unspecified atom stereocenters. The van der Waals surface area contributed by atoms with Crippen molar-refractivity contribution in [1.82, 2.24) is 4.31 Å². The summed E-state index contributed by atoms with van der Waals surface area (Å²) < 4.78 is 37.9. The molecule has 0 N–H and O–H groups in total. The number of ether oxygens (including phenoxy) is 2. The molecule has 2 aromatic carbocycles. The first kappa shape index (κ1) is 22.0. The number of nitro benzene ring substituents is 1. The number of likely N-dealkylation sites (N-methyl/N-ethyl adjacent to an activating group) is 1. The van der Waals surface area contributed by atoms with E-state index < -0.39 is 14.9 Å². The van der Waals surface area contributed by atoms with Crippen molar-refractivity contribution in [2.75, 3.05) is 51.4 Å². The third-order valence-corrected chi connectivity index (χ3v) is 6.84. The zero-order chi connectivity index (χ0) is 21.7. The summed E-state index contributed by atoms with van der Waals surface area (Å²) in [5.41, 5.74) is 1.07. The number of rotatable bonds is 8. The van der Waals surface area contributed by atoms with Gasteiger partial charge >= 0.3 is 0 Å². The summed E-state index contributed by atoms with van der Waals surface area (Å²) in [7, 11) is -2.10. The van der Waals surface area contributed by atoms with Crippen LogP contribution in [-0.4, -0.2) is 64.1 Å². The standard InChI is InChI=1S/C20H25N3O6S/c1-16-5-3-4-6-20(16)29-14-9-21(2)18-8-7-17(15-19(18)23(24)25)30(26,27)22-10-12-28-13-11-22/h3-8,15H,9-14H2,1-2H3. The van der Waals surface area contributed by atoms with E-state index in [4.69, 9.17) is 9.47 Å². The molecular formula is C20H25N3O6S. The number of aryl methyl sites for hydroxylation is 1. The fourth-order valence-corrected chi connectivity index (χ4v) is 4.63. The molecule has 9 nitrogen and oxygen atoms in total. The van der Waals surface area contributed by atoms with Crippen LogP contribution in [0.25, 0.3) is 0 Å². The lowest BCUT2D eigenvalue weighted by Gasteiger charge is -2.26. The highest BCUT2D eigenvalue weighted by molar-refractivity contribution is 7.89. The number of para-hydroxylation sites is 1. The Morgan fingerprint density at radius 2 is 1.90 bits per heavy atom. The van der Waals surface area contributed by atoms with Gasteiger partial charge in [-0.05, 0) is 30.7 Å². The molecule has 1 saturated heterocycles. The monoisotopic (exact) mass is 435 g/mol. The highest BCUT2D eigenvalue weighted by Crippen LogP contribution is 2.31. The van der Waals surface area contributed by atoms with E-state index in [1.807, 2.05) is 31.2 Å². The molecular weight excluding hydrogens is 410 g/mol.